The Morgan fingerprint density at radius 2 is 2.16 bits per heavy atom. The molecule has 6 nitrogen and oxygen atoms in total. The van der Waals surface area contributed by atoms with Gasteiger partial charge in [-0.1, -0.05) is 11.6 Å². The van der Waals surface area contributed by atoms with Crippen LogP contribution >= 0.6 is 11.6 Å². The van der Waals surface area contributed by atoms with E-state index in [1.807, 2.05) is 25.1 Å². The van der Waals surface area contributed by atoms with E-state index in [1.54, 1.807) is 23.8 Å². The molecule has 0 bridgehead atoms. The Balaban J connectivity index is 1.63. The Labute approximate surface area is 152 Å². The van der Waals surface area contributed by atoms with Crippen molar-refractivity contribution in [2.24, 2.45) is 0 Å². The van der Waals surface area contributed by atoms with Gasteiger partial charge < -0.3 is 20.1 Å². The van der Waals surface area contributed by atoms with Crippen molar-refractivity contribution in [2.75, 3.05) is 26.7 Å². The first-order valence-electron chi connectivity index (χ1n) is 8.44. The molecule has 1 atom stereocenters. The van der Waals surface area contributed by atoms with Gasteiger partial charge in [0.05, 0.1) is 0 Å². The van der Waals surface area contributed by atoms with Crippen molar-refractivity contribution >= 4 is 34.4 Å². The lowest BCUT2D eigenvalue weighted by atomic mass is 10.1. The zero-order valence-electron chi connectivity index (χ0n) is 14.7. The number of H-pyrrole nitrogens is 1. The van der Waals surface area contributed by atoms with Crippen molar-refractivity contribution in [3.8, 4) is 0 Å². The number of piperazine rings is 1. The van der Waals surface area contributed by atoms with Crippen LogP contribution in [0.3, 0.4) is 0 Å². The van der Waals surface area contributed by atoms with E-state index >= 15 is 0 Å². The fraction of sp³-hybridized carbons (Fsp3) is 0.444. The third-order valence-corrected chi connectivity index (χ3v) is 5.11. The number of aryl methyl sites for hydroxylation is 1. The second-order valence-corrected chi connectivity index (χ2v) is 6.97. The smallest absolute Gasteiger partial charge is 0.318 e. The van der Waals surface area contributed by atoms with E-state index in [0.29, 0.717) is 31.1 Å². The molecular formula is C18H23ClN4O2. The maximum atomic E-state index is 12.4. The molecule has 3 rings (SSSR count). The summed E-state index contributed by atoms with van der Waals surface area (Å²) < 4.78 is 0. The Bertz CT molecular complexity index is 817. The van der Waals surface area contributed by atoms with E-state index in [2.05, 4.69) is 10.3 Å². The Morgan fingerprint density at radius 3 is 2.92 bits per heavy atom. The number of benzene rings is 1. The molecule has 0 spiro atoms. The Hall–Kier alpha value is -2.21. The summed E-state index contributed by atoms with van der Waals surface area (Å²) in [6.07, 6.45) is 0.702. The zero-order valence-corrected chi connectivity index (χ0v) is 15.5. The van der Waals surface area contributed by atoms with Crippen LogP contribution in [0.5, 0.6) is 0 Å². The molecule has 7 heteroatoms. The number of fused-ring (bicyclic) bond motifs is 1. The van der Waals surface area contributed by atoms with Crippen LogP contribution in [0.15, 0.2) is 18.2 Å². The quantitative estimate of drug-likeness (QED) is 0.881. The van der Waals surface area contributed by atoms with Crippen molar-refractivity contribution in [3.05, 3.63) is 34.5 Å². The number of aromatic nitrogens is 1. The molecule has 1 aliphatic rings. The van der Waals surface area contributed by atoms with Gasteiger partial charge in [0.1, 0.15) is 6.04 Å². The summed E-state index contributed by atoms with van der Waals surface area (Å²) in [5.41, 5.74) is 3.27. The predicted octanol–water partition coefficient (Wildman–Crippen LogP) is 2.54. The number of urea groups is 1. The minimum atomic E-state index is -0.424. The van der Waals surface area contributed by atoms with Crippen molar-refractivity contribution in [1.29, 1.82) is 0 Å². The normalized spacial score (nSPS) is 18.1. The molecule has 2 heterocycles. The van der Waals surface area contributed by atoms with Crippen LogP contribution in [0.4, 0.5) is 4.79 Å². The third kappa shape index (κ3) is 3.44. The van der Waals surface area contributed by atoms with Crippen molar-refractivity contribution < 1.29 is 9.59 Å². The summed E-state index contributed by atoms with van der Waals surface area (Å²) in [6, 6.07) is 5.15. The highest BCUT2D eigenvalue weighted by atomic mass is 35.5. The summed E-state index contributed by atoms with van der Waals surface area (Å²) in [5.74, 6) is -0.0245. The minimum absolute atomic E-state index is 0.0245. The fourth-order valence-electron chi connectivity index (χ4n) is 3.36. The van der Waals surface area contributed by atoms with Gasteiger partial charge in [-0.2, -0.15) is 0 Å². The van der Waals surface area contributed by atoms with E-state index in [0.717, 1.165) is 22.2 Å². The maximum Gasteiger partial charge on any atom is 0.318 e. The molecule has 1 saturated heterocycles. The van der Waals surface area contributed by atoms with Crippen molar-refractivity contribution in [2.45, 2.75) is 26.3 Å². The van der Waals surface area contributed by atoms with E-state index in [4.69, 9.17) is 11.6 Å². The van der Waals surface area contributed by atoms with Crippen LogP contribution in [0.25, 0.3) is 10.9 Å². The van der Waals surface area contributed by atoms with Crippen LogP contribution < -0.4 is 5.32 Å². The minimum Gasteiger partial charge on any atom is -0.358 e. The van der Waals surface area contributed by atoms with Crippen LogP contribution in [0.2, 0.25) is 5.02 Å². The van der Waals surface area contributed by atoms with Gasteiger partial charge in [0, 0.05) is 48.3 Å². The highest BCUT2D eigenvalue weighted by Gasteiger charge is 2.32. The van der Waals surface area contributed by atoms with Gasteiger partial charge in [0.15, 0.2) is 0 Å². The van der Waals surface area contributed by atoms with Gasteiger partial charge >= 0.3 is 6.03 Å². The lowest BCUT2D eigenvalue weighted by Crippen LogP contribution is -2.58. The molecule has 1 fully saturated rings. The molecular weight excluding hydrogens is 340 g/mol. The number of nitrogens with one attached hydrogen (secondary N) is 2. The summed E-state index contributed by atoms with van der Waals surface area (Å²) in [4.78, 5) is 31.0. The lowest BCUT2D eigenvalue weighted by molar-refractivity contribution is -0.137. The molecule has 1 aliphatic heterocycles. The number of likely N-dealkylation sites (N-methyl/N-ethyl adjacent to an activating group) is 1. The van der Waals surface area contributed by atoms with E-state index in [-0.39, 0.29) is 11.9 Å². The maximum absolute atomic E-state index is 12.4. The van der Waals surface area contributed by atoms with E-state index in [1.165, 1.54) is 0 Å². The van der Waals surface area contributed by atoms with E-state index < -0.39 is 6.04 Å². The number of halogens is 1. The number of carbonyl (C=O) groups is 2. The molecule has 25 heavy (non-hydrogen) atoms. The molecule has 0 radical (unpaired) electrons. The average molecular weight is 363 g/mol. The number of aromatic amines is 1. The second-order valence-electron chi connectivity index (χ2n) is 6.53. The van der Waals surface area contributed by atoms with Crippen LogP contribution in [0, 0.1) is 6.92 Å². The number of nitrogens with zero attached hydrogens (tertiary/aromatic N) is 2. The number of amides is 3. The summed E-state index contributed by atoms with van der Waals surface area (Å²) in [5, 5.41) is 4.71. The van der Waals surface area contributed by atoms with Crippen molar-refractivity contribution in [1.82, 2.24) is 20.1 Å². The monoisotopic (exact) mass is 362 g/mol. The highest BCUT2D eigenvalue weighted by molar-refractivity contribution is 6.31. The summed E-state index contributed by atoms with van der Waals surface area (Å²) in [6.45, 7) is 5.41. The number of hydrogen-bond acceptors (Lipinski definition) is 2. The van der Waals surface area contributed by atoms with Crippen molar-refractivity contribution in [3.63, 3.8) is 0 Å². The molecule has 3 amide bonds. The third-order valence-electron chi connectivity index (χ3n) is 4.87. The van der Waals surface area contributed by atoms with Gasteiger partial charge in [0.2, 0.25) is 5.91 Å². The van der Waals surface area contributed by atoms with Gasteiger partial charge in [0.25, 0.3) is 0 Å². The molecule has 2 N–H and O–H groups in total. The SMILES string of the molecule is Cc1[nH]c2ccc(Cl)cc2c1CCNC(=O)N1CCN(C)C(=O)C1C. The molecule has 2 aromatic rings. The number of carbonyl (C=O) groups excluding carboxylic acids is 2. The first kappa shape index (κ1) is 17.6. The van der Waals surface area contributed by atoms with Gasteiger partial charge in [-0.3, -0.25) is 4.79 Å². The fourth-order valence-corrected chi connectivity index (χ4v) is 3.54. The summed E-state index contributed by atoms with van der Waals surface area (Å²) >= 11 is 6.10. The predicted molar refractivity (Wildman–Crippen MR) is 99.0 cm³/mol. The Morgan fingerprint density at radius 1 is 1.40 bits per heavy atom. The molecule has 1 aromatic carbocycles. The van der Waals surface area contributed by atoms with Gasteiger partial charge in [-0.25, -0.2) is 4.79 Å². The van der Waals surface area contributed by atoms with Crippen LogP contribution in [0.1, 0.15) is 18.2 Å². The van der Waals surface area contributed by atoms with E-state index in [9.17, 15) is 9.59 Å². The number of rotatable bonds is 3. The highest BCUT2D eigenvalue weighted by Crippen LogP contribution is 2.25. The topological polar surface area (TPSA) is 68.4 Å². The first-order chi connectivity index (χ1) is 11.9. The number of hydrogen-bond donors (Lipinski definition) is 2. The van der Waals surface area contributed by atoms with Gasteiger partial charge in [-0.05, 0) is 44.0 Å². The molecule has 0 aliphatic carbocycles. The molecule has 1 unspecified atom stereocenters. The van der Waals surface area contributed by atoms with Gasteiger partial charge in [-0.15, -0.1) is 0 Å². The molecule has 0 saturated carbocycles. The lowest BCUT2D eigenvalue weighted by Gasteiger charge is -2.37. The Kier molecular flexibility index (Phi) is 4.90. The second kappa shape index (κ2) is 6.96. The average Bonchev–Trinajstić information content (AvgIpc) is 2.88. The standard InChI is InChI=1S/C18H23ClN4O2/c1-11-14(15-10-13(19)4-5-16(15)21-11)6-7-20-18(25)23-9-8-22(3)17(24)12(23)2/h4-5,10,12,21H,6-9H2,1-3H3,(H,20,25). The molecule has 1 aromatic heterocycles. The molecule has 134 valence electrons. The first-order valence-corrected chi connectivity index (χ1v) is 8.82. The van der Waals surface area contributed by atoms with Crippen LogP contribution in [-0.2, 0) is 11.2 Å². The summed E-state index contributed by atoms with van der Waals surface area (Å²) in [7, 11) is 1.76. The zero-order chi connectivity index (χ0) is 18.1. The largest absolute Gasteiger partial charge is 0.358 e. The van der Waals surface area contributed by atoms with Crippen LogP contribution in [-0.4, -0.2) is 59.4 Å².